The average Bonchev–Trinajstić information content (AvgIpc) is 3.00. The molecule has 0 aromatic rings. The van der Waals surface area contributed by atoms with Crippen LogP contribution in [0.2, 0.25) is 0 Å². The summed E-state index contributed by atoms with van der Waals surface area (Å²) in [5.41, 5.74) is 0.313. The van der Waals surface area contributed by atoms with Crippen LogP contribution in [0.15, 0.2) is 0 Å². The molecule has 6 fully saturated rings. The summed E-state index contributed by atoms with van der Waals surface area (Å²) in [4.78, 5) is 11.5. The van der Waals surface area contributed by atoms with Gasteiger partial charge in [-0.05, 0) is 56.3 Å². The van der Waals surface area contributed by atoms with Gasteiger partial charge >= 0.3 is 5.97 Å². The fourth-order valence-corrected chi connectivity index (χ4v) is 8.86. The molecule has 0 radical (unpaired) electrons. The lowest BCUT2D eigenvalue weighted by Gasteiger charge is -2.59. The van der Waals surface area contributed by atoms with Gasteiger partial charge in [0, 0.05) is 30.6 Å². The lowest BCUT2D eigenvalue weighted by atomic mass is 9.44. The van der Waals surface area contributed by atoms with Crippen molar-refractivity contribution in [3.8, 4) is 0 Å². The van der Waals surface area contributed by atoms with Crippen LogP contribution >= 0.6 is 0 Å². The molecule has 0 aromatic heterocycles. The van der Waals surface area contributed by atoms with Gasteiger partial charge in [-0.2, -0.15) is 0 Å². The molecule has 5 heteroatoms. The minimum atomic E-state index is -0.324. The SMILES string of the molecule is CC(=O)O[C@H]1CC[C@]2(C)C3CC[C@@]4(C)C(CCC45OCCO5)C3C[C@@H]3O[C@@]32C1. The highest BCUT2D eigenvalue weighted by Gasteiger charge is 2.77. The largest absolute Gasteiger partial charge is 0.462 e. The second kappa shape index (κ2) is 5.53. The van der Waals surface area contributed by atoms with E-state index in [2.05, 4.69) is 13.8 Å². The van der Waals surface area contributed by atoms with Gasteiger partial charge in [0.2, 0.25) is 0 Å². The highest BCUT2D eigenvalue weighted by molar-refractivity contribution is 5.66. The van der Waals surface area contributed by atoms with Crippen molar-refractivity contribution in [2.24, 2.45) is 28.6 Å². The molecule has 2 spiro atoms. The Kier molecular flexibility index (Phi) is 3.58. The zero-order valence-corrected chi connectivity index (χ0v) is 17.5. The molecule has 156 valence electrons. The monoisotopic (exact) mass is 390 g/mol. The quantitative estimate of drug-likeness (QED) is 0.503. The van der Waals surface area contributed by atoms with Crippen molar-refractivity contribution >= 4 is 5.97 Å². The smallest absolute Gasteiger partial charge is 0.302 e. The van der Waals surface area contributed by atoms with Crippen LogP contribution in [-0.4, -0.2) is 42.8 Å². The first kappa shape index (κ1) is 18.1. The van der Waals surface area contributed by atoms with Crippen molar-refractivity contribution in [1.82, 2.24) is 0 Å². The number of ether oxygens (including phenoxy) is 4. The Labute approximate surface area is 167 Å². The van der Waals surface area contributed by atoms with Crippen LogP contribution in [0.25, 0.3) is 0 Å². The van der Waals surface area contributed by atoms with E-state index in [-0.39, 0.29) is 34.3 Å². The minimum Gasteiger partial charge on any atom is -0.462 e. The van der Waals surface area contributed by atoms with E-state index >= 15 is 0 Å². The van der Waals surface area contributed by atoms with Gasteiger partial charge in [-0.15, -0.1) is 0 Å². The van der Waals surface area contributed by atoms with Crippen LogP contribution in [-0.2, 0) is 23.7 Å². The summed E-state index contributed by atoms with van der Waals surface area (Å²) in [6, 6.07) is 0. The first-order valence-electron chi connectivity index (χ1n) is 11.5. The molecule has 0 N–H and O–H groups in total. The van der Waals surface area contributed by atoms with Gasteiger partial charge in [-0.25, -0.2) is 0 Å². The number of carbonyl (C=O) groups is 1. The molecule has 4 saturated carbocycles. The van der Waals surface area contributed by atoms with Crippen molar-refractivity contribution in [1.29, 1.82) is 0 Å². The second-order valence-corrected chi connectivity index (χ2v) is 10.9. The van der Waals surface area contributed by atoms with E-state index in [0.29, 0.717) is 23.9 Å². The molecular weight excluding hydrogens is 356 g/mol. The molecule has 8 atom stereocenters. The van der Waals surface area contributed by atoms with Gasteiger partial charge in [-0.3, -0.25) is 4.79 Å². The van der Waals surface area contributed by atoms with Crippen molar-refractivity contribution in [3.63, 3.8) is 0 Å². The molecule has 3 unspecified atom stereocenters. The molecule has 28 heavy (non-hydrogen) atoms. The number of carbonyl (C=O) groups excluding carboxylic acids is 1. The first-order chi connectivity index (χ1) is 13.3. The zero-order chi connectivity index (χ0) is 19.4. The lowest BCUT2D eigenvalue weighted by molar-refractivity contribution is -0.246. The van der Waals surface area contributed by atoms with E-state index in [9.17, 15) is 4.79 Å². The van der Waals surface area contributed by atoms with Crippen molar-refractivity contribution in [3.05, 3.63) is 0 Å². The predicted molar refractivity (Wildman–Crippen MR) is 101 cm³/mol. The molecule has 0 aromatic carbocycles. The molecule has 6 rings (SSSR count). The summed E-state index contributed by atoms with van der Waals surface area (Å²) in [6.45, 7) is 7.96. The topological polar surface area (TPSA) is 57.3 Å². The van der Waals surface area contributed by atoms with Crippen LogP contribution in [0.4, 0.5) is 0 Å². The number of rotatable bonds is 1. The number of epoxide rings is 1. The van der Waals surface area contributed by atoms with Crippen LogP contribution in [0.3, 0.4) is 0 Å². The maximum Gasteiger partial charge on any atom is 0.302 e. The minimum absolute atomic E-state index is 0.0380. The van der Waals surface area contributed by atoms with Gasteiger partial charge in [0.15, 0.2) is 5.79 Å². The van der Waals surface area contributed by atoms with E-state index in [1.807, 2.05) is 0 Å². The number of fused-ring (bicyclic) bond motifs is 5. The maximum absolute atomic E-state index is 11.5. The van der Waals surface area contributed by atoms with E-state index in [0.717, 1.165) is 38.9 Å². The van der Waals surface area contributed by atoms with E-state index in [1.165, 1.54) is 32.6 Å². The molecule has 2 aliphatic heterocycles. The molecule has 2 heterocycles. The average molecular weight is 391 g/mol. The molecular formula is C23H34O5. The normalized spacial score (nSPS) is 55.8. The van der Waals surface area contributed by atoms with Crippen LogP contribution in [0.1, 0.15) is 72.1 Å². The van der Waals surface area contributed by atoms with Crippen molar-refractivity contribution in [2.45, 2.75) is 95.7 Å². The van der Waals surface area contributed by atoms with Crippen LogP contribution in [0, 0.1) is 28.6 Å². The van der Waals surface area contributed by atoms with Crippen molar-refractivity contribution in [2.75, 3.05) is 13.2 Å². The van der Waals surface area contributed by atoms with Gasteiger partial charge in [0.05, 0.1) is 19.3 Å². The van der Waals surface area contributed by atoms with Crippen LogP contribution < -0.4 is 0 Å². The van der Waals surface area contributed by atoms with Crippen molar-refractivity contribution < 1.29 is 23.7 Å². The fourth-order valence-electron chi connectivity index (χ4n) is 8.86. The van der Waals surface area contributed by atoms with E-state index in [1.54, 1.807) is 0 Å². The summed E-state index contributed by atoms with van der Waals surface area (Å²) in [6.07, 6.45) is 9.28. The van der Waals surface area contributed by atoms with E-state index in [4.69, 9.17) is 18.9 Å². The third kappa shape index (κ3) is 2.02. The molecule has 5 nitrogen and oxygen atoms in total. The molecule has 4 aliphatic carbocycles. The maximum atomic E-state index is 11.5. The predicted octanol–water partition coefficient (Wildman–Crippen LogP) is 3.84. The summed E-state index contributed by atoms with van der Waals surface area (Å²) >= 11 is 0. The van der Waals surface area contributed by atoms with Gasteiger partial charge in [-0.1, -0.05) is 13.8 Å². The summed E-state index contributed by atoms with van der Waals surface area (Å²) in [7, 11) is 0. The molecule has 6 aliphatic rings. The number of esters is 1. The molecule has 0 bridgehead atoms. The Morgan fingerprint density at radius 2 is 1.64 bits per heavy atom. The number of hydrogen-bond acceptors (Lipinski definition) is 5. The first-order valence-corrected chi connectivity index (χ1v) is 11.5. The number of hydrogen-bond donors (Lipinski definition) is 0. The summed E-state index contributed by atoms with van der Waals surface area (Å²) in [5.74, 6) is 1.61. The summed E-state index contributed by atoms with van der Waals surface area (Å²) < 4.78 is 24.7. The van der Waals surface area contributed by atoms with E-state index < -0.39 is 0 Å². The van der Waals surface area contributed by atoms with Crippen LogP contribution in [0.5, 0.6) is 0 Å². The van der Waals surface area contributed by atoms with Gasteiger partial charge in [0.1, 0.15) is 11.7 Å². The fraction of sp³-hybridized carbons (Fsp3) is 0.957. The highest BCUT2D eigenvalue weighted by atomic mass is 16.7. The van der Waals surface area contributed by atoms with Gasteiger partial charge < -0.3 is 18.9 Å². The highest BCUT2D eigenvalue weighted by Crippen LogP contribution is 2.75. The summed E-state index contributed by atoms with van der Waals surface area (Å²) in [5, 5.41) is 0. The second-order valence-electron chi connectivity index (χ2n) is 10.9. The zero-order valence-electron chi connectivity index (χ0n) is 17.5. The molecule has 2 saturated heterocycles. The Balaban J connectivity index is 1.29. The third-order valence-corrected chi connectivity index (χ3v) is 10.2. The lowest BCUT2D eigenvalue weighted by Crippen LogP contribution is -2.60. The standard InChI is InChI=1S/C23H34O5/c1-14(24)27-15-4-7-20(2)17-5-8-21(3)18(6-9-23(21)25-10-11-26-23)16(17)12-19-22(20,13-15)28-19/h15-19H,4-13H2,1-3H3/t15-,16?,17?,18?,19-,20+,21-,22-/m0/s1. The molecule has 0 amide bonds. The Morgan fingerprint density at radius 3 is 2.39 bits per heavy atom. The Hall–Kier alpha value is -0.650. The van der Waals surface area contributed by atoms with Gasteiger partial charge in [0.25, 0.3) is 0 Å². The Morgan fingerprint density at radius 1 is 0.964 bits per heavy atom. The Bertz CT molecular complexity index is 701. The third-order valence-electron chi connectivity index (χ3n) is 10.2.